The minimum atomic E-state index is -5.23. The number of hydrogen-bond donors (Lipinski definition) is 2. The molecule has 44 heavy (non-hydrogen) atoms. The topological polar surface area (TPSA) is 80.2 Å². The van der Waals surface area contributed by atoms with Crippen LogP contribution < -0.4 is 14.8 Å². The van der Waals surface area contributed by atoms with Crippen LogP contribution in [0.1, 0.15) is 83.1 Å². The third-order valence-corrected chi connectivity index (χ3v) is 6.81. The predicted molar refractivity (Wildman–Crippen MR) is 168 cm³/mol. The second kappa shape index (κ2) is 17.8. The largest absolute Gasteiger partial charge is 0.493 e. The van der Waals surface area contributed by atoms with E-state index in [-0.39, 0.29) is 39.3 Å². The first-order valence-corrected chi connectivity index (χ1v) is 15.0. The first-order chi connectivity index (χ1) is 20.8. The summed E-state index contributed by atoms with van der Waals surface area (Å²) in [5.74, 6) is -0.912. The second-order valence-corrected chi connectivity index (χ2v) is 9.88. The lowest BCUT2D eigenvalue weighted by Crippen LogP contribution is -2.54. The molecule has 1 saturated carbocycles. The summed E-state index contributed by atoms with van der Waals surface area (Å²) < 4.78 is 67.8. The van der Waals surface area contributed by atoms with Crippen LogP contribution in [0.25, 0.3) is 0 Å². The number of ether oxygens (including phenoxy) is 2. The van der Waals surface area contributed by atoms with Gasteiger partial charge in [0.25, 0.3) is 5.91 Å². The zero-order valence-electron chi connectivity index (χ0n) is 26.4. The van der Waals surface area contributed by atoms with Crippen LogP contribution in [0.3, 0.4) is 0 Å². The molecule has 11 heteroatoms. The molecule has 2 N–H and O–H groups in total. The third-order valence-electron chi connectivity index (χ3n) is 6.52. The molecule has 1 unspecified atom stereocenters. The molecule has 1 fully saturated rings. The van der Waals surface area contributed by atoms with Crippen molar-refractivity contribution in [3.05, 3.63) is 82.3 Å². The molecule has 0 aromatic heterocycles. The van der Waals surface area contributed by atoms with Crippen LogP contribution in [0.5, 0.6) is 11.5 Å². The minimum absolute atomic E-state index is 0.00857. The summed E-state index contributed by atoms with van der Waals surface area (Å²) in [6.45, 7) is 13.2. The molecular formula is C33H43ClF4N2O4. The highest BCUT2D eigenvalue weighted by Gasteiger charge is 2.56. The van der Waals surface area contributed by atoms with E-state index in [0.29, 0.717) is 5.75 Å². The molecule has 0 spiro atoms. The molecule has 3 rings (SSSR count). The van der Waals surface area contributed by atoms with Crippen molar-refractivity contribution in [1.82, 2.24) is 5.32 Å². The average Bonchev–Trinajstić information content (AvgIpc) is 3.52. The number of nitrogens with one attached hydrogen (secondary N) is 1. The highest BCUT2D eigenvalue weighted by atomic mass is 35.5. The van der Waals surface area contributed by atoms with Crippen LogP contribution >= 0.6 is 11.6 Å². The van der Waals surface area contributed by atoms with E-state index >= 15 is 0 Å². The number of carbonyl (C=O) groups excluding carboxylic acids is 1. The number of aliphatic hydroxyl groups is 1. The van der Waals surface area contributed by atoms with Crippen LogP contribution in [0, 0.1) is 5.82 Å². The fourth-order valence-corrected chi connectivity index (χ4v) is 4.48. The lowest BCUT2D eigenvalue weighted by atomic mass is 9.96. The van der Waals surface area contributed by atoms with Gasteiger partial charge in [-0.05, 0) is 81.5 Å². The molecule has 6 nitrogen and oxygen atoms in total. The summed E-state index contributed by atoms with van der Waals surface area (Å²) in [6, 6.07) is 7.81. The van der Waals surface area contributed by atoms with Gasteiger partial charge < -0.3 is 19.9 Å². The van der Waals surface area contributed by atoms with Gasteiger partial charge in [0.15, 0.2) is 11.5 Å². The number of carbonyl (C=O) groups is 1. The number of amides is 1. The maximum atomic E-state index is 14.3. The summed E-state index contributed by atoms with van der Waals surface area (Å²) in [4.78, 5) is 16.9. The predicted octanol–water partition coefficient (Wildman–Crippen LogP) is 8.85. The Morgan fingerprint density at radius 3 is 2.18 bits per heavy atom. The Balaban J connectivity index is 0.00000232. The van der Waals surface area contributed by atoms with E-state index in [1.165, 1.54) is 51.3 Å². The molecule has 0 heterocycles. The van der Waals surface area contributed by atoms with Gasteiger partial charge in [-0.25, -0.2) is 9.38 Å². The maximum absolute atomic E-state index is 14.3. The summed E-state index contributed by atoms with van der Waals surface area (Å²) in [6.07, 6.45) is -0.310. The molecule has 1 atom stereocenters. The van der Waals surface area contributed by atoms with Gasteiger partial charge in [-0.1, -0.05) is 52.0 Å². The Labute approximate surface area is 262 Å². The Morgan fingerprint density at radius 2 is 1.68 bits per heavy atom. The molecule has 1 amide bonds. The lowest BCUT2D eigenvalue weighted by Gasteiger charge is -2.31. The van der Waals surface area contributed by atoms with Gasteiger partial charge in [-0.2, -0.15) is 13.2 Å². The molecule has 2 aromatic rings. The van der Waals surface area contributed by atoms with Crippen molar-refractivity contribution in [2.75, 3.05) is 13.7 Å². The number of benzene rings is 2. The number of alkyl halides is 3. The Bertz CT molecular complexity index is 1320. The number of allylic oxidation sites excluding steroid dienone is 2. The number of methoxy groups -OCH3 is 1. The number of rotatable bonds is 10. The monoisotopic (exact) mass is 642 g/mol. The van der Waals surface area contributed by atoms with Gasteiger partial charge in [-0.15, -0.1) is 0 Å². The maximum Gasteiger partial charge on any atom is 0.424 e. The van der Waals surface area contributed by atoms with Crippen molar-refractivity contribution < 1.29 is 36.9 Å². The van der Waals surface area contributed by atoms with Crippen LogP contribution in [-0.2, 0) is 0 Å². The zero-order valence-corrected chi connectivity index (χ0v) is 27.1. The highest BCUT2D eigenvalue weighted by Crippen LogP contribution is 2.38. The third kappa shape index (κ3) is 9.82. The van der Waals surface area contributed by atoms with Crippen molar-refractivity contribution in [3.63, 3.8) is 0 Å². The molecule has 1 aliphatic rings. The van der Waals surface area contributed by atoms with Gasteiger partial charge in [0.2, 0.25) is 5.60 Å². The van der Waals surface area contributed by atoms with E-state index in [4.69, 9.17) is 21.1 Å². The van der Waals surface area contributed by atoms with Crippen molar-refractivity contribution in [2.24, 2.45) is 4.99 Å². The fourth-order valence-electron chi connectivity index (χ4n) is 4.30. The number of hydrogen-bond acceptors (Lipinski definition) is 5. The number of halogens is 5. The van der Waals surface area contributed by atoms with Crippen LogP contribution in [0.4, 0.5) is 17.6 Å². The molecular weight excluding hydrogens is 600 g/mol. The van der Waals surface area contributed by atoms with Gasteiger partial charge in [-0.3, -0.25) is 4.79 Å². The summed E-state index contributed by atoms with van der Waals surface area (Å²) in [5, 5.41) is 12.8. The summed E-state index contributed by atoms with van der Waals surface area (Å²) in [7, 11) is 1.39. The average molecular weight is 643 g/mol. The van der Waals surface area contributed by atoms with Crippen LogP contribution in [-0.4, -0.2) is 48.3 Å². The standard InChI is InChI=1S/C29H31ClF4N2O4.2C2H6/c1-5-25(36-26(17(2)3)18-10-12-22(31)21(30)14-18)28(38,29(32,33)34)16-35-27(37)19-11-13-23(24(15-19)39-4)40-20-8-6-7-9-20;2*1-2/h5,10-15,20,38H,2,6-9,16H2,1,3-4H3,(H,35,37);2*1-2H3/b25-5-,36-26?;;. The van der Waals surface area contributed by atoms with Crippen molar-refractivity contribution in [1.29, 1.82) is 0 Å². The van der Waals surface area contributed by atoms with E-state index < -0.39 is 35.7 Å². The van der Waals surface area contributed by atoms with E-state index in [0.717, 1.165) is 37.8 Å². The molecule has 2 aromatic carbocycles. The zero-order chi connectivity index (χ0) is 33.7. The molecule has 0 bridgehead atoms. The quantitative estimate of drug-likeness (QED) is 0.200. The smallest absolute Gasteiger partial charge is 0.424 e. The van der Waals surface area contributed by atoms with Crippen LogP contribution in [0.2, 0.25) is 5.02 Å². The Kier molecular flexibility index (Phi) is 15.6. The molecule has 244 valence electrons. The molecule has 0 saturated heterocycles. The van der Waals surface area contributed by atoms with Gasteiger partial charge in [0.1, 0.15) is 5.82 Å². The number of nitrogens with zero attached hydrogens (tertiary/aromatic N) is 1. The van der Waals surface area contributed by atoms with E-state index in [2.05, 4.69) is 16.9 Å². The first kappa shape index (κ1) is 38.7. The Hall–Kier alpha value is -3.37. The summed E-state index contributed by atoms with van der Waals surface area (Å²) in [5.41, 5.74) is -3.98. The minimum Gasteiger partial charge on any atom is -0.493 e. The van der Waals surface area contributed by atoms with Crippen molar-refractivity contribution >= 4 is 23.2 Å². The van der Waals surface area contributed by atoms with E-state index in [1.807, 2.05) is 27.7 Å². The fraction of sp³-hybridized carbons (Fsp3) is 0.455. The normalized spacial score (nSPS) is 15.2. The lowest BCUT2D eigenvalue weighted by molar-refractivity contribution is -0.241. The van der Waals surface area contributed by atoms with E-state index in [9.17, 15) is 27.5 Å². The molecule has 1 aliphatic carbocycles. The summed E-state index contributed by atoms with van der Waals surface area (Å²) >= 11 is 5.84. The van der Waals surface area contributed by atoms with Crippen molar-refractivity contribution in [3.8, 4) is 11.5 Å². The number of aliphatic imine (C=N–C) groups is 1. The van der Waals surface area contributed by atoms with Gasteiger partial charge >= 0.3 is 6.18 Å². The molecule has 0 radical (unpaired) electrons. The molecule has 0 aliphatic heterocycles. The van der Waals surface area contributed by atoms with E-state index in [1.54, 1.807) is 0 Å². The van der Waals surface area contributed by atoms with Gasteiger partial charge in [0, 0.05) is 11.1 Å². The highest BCUT2D eigenvalue weighted by molar-refractivity contribution is 6.31. The SMILES string of the molecule is C=C(C)C(=N/C(=C\C)C(O)(CNC(=O)c1ccc(OC2CCCC2)c(OC)c1)C(F)(F)F)c1ccc(F)c(Cl)c1.CC.CC. The van der Waals surface area contributed by atoms with Crippen LogP contribution in [0.15, 0.2) is 65.3 Å². The van der Waals surface area contributed by atoms with Crippen molar-refractivity contribution in [2.45, 2.75) is 85.1 Å². The second-order valence-electron chi connectivity index (χ2n) is 9.47. The van der Waals surface area contributed by atoms with Gasteiger partial charge in [0.05, 0.1) is 36.2 Å². The Morgan fingerprint density at radius 1 is 1.09 bits per heavy atom. The first-order valence-electron chi connectivity index (χ1n) is 14.6.